The summed E-state index contributed by atoms with van der Waals surface area (Å²) >= 11 is 1.32. The first-order valence-corrected chi connectivity index (χ1v) is 8.97. The lowest BCUT2D eigenvalue weighted by atomic mass is 9.96. The van der Waals surface area contributed by atoms with Gasteiger partial charge in [-0.05, 0) is 12.5 Å². The molecule has 2 N–H and O–H groups in total. The Kier molecular flexibility index (Phi) is 5.88. The molecule has 1 amide bonds. The molecule has 0 saturated heterocycles. The fraction of sp³-hybridized carbons (Fsp3) is 0.471. The first kappa shape index (κ1) is 18.3. The van der Waals surface area contributed by atoms with Crippen molar-refractivity contribution in [1.82, 2.24) is 19.8 Å². The number of carbonyl (C=O) groups excluding carboxylic acids is 1. The third-order valence-electron chi connectivity index (χ3n) is 3.61. The zero-order valence-electron chi connectivity index (χ0n) is 14.7. The minimum atomic E-state index is -0.187. The Morgan fingerprint density at radius 2 is 1.92 bits per heavy atom. The second kappa shape index (κ2) is 7.70. The molecule has 7 heteroatoms. The monoisotopic (exact) mass is 347 g/mol. The van der Waals surface area contributed by atoms with Gasteiger partial charge in [0.25, 0.3) is 0 Å². The molecule has 0 aliphatic rings. The Morgan fingerprint density at radius 1 is 1.25 bits per heavy atom. The van der Waals surface area contributed by atoms with Gasteiger partial charge < -0.3 is 10.7 Å². The van der Waals surface area contributed by atoms with E-state index in [-0.39, 0.29) is 11.3 Å². The van der Waals surface area contributed by atoms with Gasteiger partial charge in [0.05, 0.1) is 5.75 Å². The molecule has 1 heterocycles. The van der Waals surface area contributed by atoms with Crippen LogP contribution < -0.4 is 5.84 Å². The van der Waals surface area contributed by atoms with Gasteiger partial charge in [-0.2, -0.15) is 0 Å². The third-order valence-corrected chi connectivity index (χ3v) is 4.54. The van der Waals surface area contributed by atoms with Gasteiger partial charge in [0.2, 0.25) is 11.1 Å². The molecule has 0 saturated carbocycles. The summed E-state index contributed by atoms with van der Waals surface area (Å²) in [5.74, 6) is 7.11. The average Bonchev–Trinajstić information content (AvgIpc) is 2.92. The second-order valence-electron chi connectivity index (χ2n) is 6.61. The molecule has 2 rings (SSSR count). The first-order valence-electron chi connectivity index (χ1n) is 7.98. The van der Waals surface area contributed by atoms with Crippen LogP contribution in [0.3, 0.4) is 0 Å². The van der Waals surface area contributed by atoms with Crippen LogP contribution in [0.5, 0.6) is 0 Å². The highest BCUT2D eigenvalue weighted by Crippen LogP contribution is 2.23. The van der Waals surface area contributed by atoms with Crippen LogP contribution in [0, 0.1) is 0 Å². The standard InChI is InChI=1S/C17H25N5OS/c1-5-21(11-13-9-7-6-8-10-13)14(23)12-24-16-20-19-15(22(16)18)17(2,3)4/h6-10H,5,11-12,18H2,1-4H3. The molecule has 0 atom stereocenters. The molecule has 2 aromatic rings. The van der Waals surface area contributed by atoms with E-state index in [1.165, 1.54) is 16.4 Å². The van der Waals surface area contributed by atoms with Crippen molar-refractivity contribution in [3.05, 3.63) is 41.7 Å². The quantitative estimate of drug-likeness (QED) is 0.641. The Hall–Kier alpha value is -2.02. The van der Waals surface area contributed by atoms with Gasteiger partial charge in [0.1, 0.15) is 0 Å². The summed E-state index contributed by atoms with van der Waals surface area (Å²) in [7, 11) is 0. The smallest absolute Gasteiger partial charge is 0.233 e. The van der Waals surface area contributed by atoms with Gasteiger partial charge in [0.15, 0.2) is 5.82 Å². The third kappa shape index (κ3) is 4.50. The maximum Gasteiger partial charge on any atom is 0.233 e. The highest BCUT2D eigenvalue weighted by molar-refractivity contribution is 7.99. The van der Waals surface area contributed by atoms with E-state index in [1.807, 2.05) is 62.9 Å². The summed E-state index contributed by atoms with van der Waals surface area (Å²) in [6, 6.07) is 9.98. The molecule has 1 aromatic heterocycles. The number of benzene rings is 1. The highest BCUT2D eigenvalue weighted by atomic mass is 32.2. The van der Waals surface area contributed by atoms with E-state index in [2.05, 4.69) is 10.2 Å². The molecule has 0 bridgehead atoms. The minimum absolute atomic E-state index is 0.0617. The average molecular weight is 347 g/mol. The molecule has 0 unspecified atom stereocenters. The Morgan fingerprint density at radius 3 is 2.46 bits per heavy atom. The summed E-state index contributed by atoms with van der Waals surface area (Å²) in [5, 5.41) is 8.80. The van der Waals surface area contributed by atoms with Crippen LogP contribution in [-0.2, 0) is 16.8 Å². The van der Waals surface area contributed by atoms with Crippen LogP contribution >= 0.6 is 11.8 Å². The van der Waals surface area contributed by atoms with E-state index < -0.39 is 0 Å². The molecule has 0 fully saturated rings. The van der Waals surface area contributed by atoms with Crippen molar-refractivity contribution in [3.63, 3.8) is 0 Å². The van der Waals surface area contributed by atoms with Crippen LogP contribution in [0.1, 0.15) is 39.1 Å². The predicted molar refractivity (Wildman–Crippen MR) is 97.1 cm³/mol. The van der Waals surface area contributed by atoms with E-state index in [9.17, 15) is 4.79 Å². The number of thioether (sulfide) groups is 1. The lowest BCUT2D eigenvalue weighted by Gasteiger charge is -2.21. The van der Waals surface area contributed by atoms with E-state index >= 15 is 0 Å². The van der Waals surface area contributed by atoms with E-state index in [4.69, 9.17) is 5.84 Å². The van der Waals surface area contributed by atoms with Crippen LogP contribution in [0.15, 0.2) is 35.5 Å². The number of nitrogen functional groups attached to an aromatic ring is 1. The number of aromatic nitrogens is 3. The maximum atomic E-state index is 12.5. The zero-order valence-corrected chi connectivity index (χ0v) is 15.5. The number of rotatable bonds is 6. The normalized spacial score (nSPS) is 11.5. The van der Waals surface area contributed by atoms with Crippen molar-refractivity contribution in [2.24, 2.45) is 0 Å². The molecular formula is C17H25N5OS. The molecule has 0 radical (unpaired) electrons. The summed E-state index contributed by atoms with van der Waals surface area (Å²) < 4.78 is 1.48. The van der Waals surface area contributed by atoms with E-state index in [0.29, 0.717) is 29.8 Å². The van der Waals surface area contributed by atoms with Crippen molar-refractivity contribution in [3.8, 4) is 0 Å². The molecule has 6 nitrogen and oxygen atoms in total. The van der Waals surface area contributed by atoms with Gasteiger partial charge in [-0.1, -0.05) is 62.9 Å². The number of hydrogen-bond acceptors (Lipinski definition) is 5. The summed E-state index contributed by atoms with van der Waals surface area (Å²) in [6.07, 6.45) is 0. The lowest BCUT2D eigenvalue weighted by Crippen LogP contribution is -2.32. The molecule has 24 heavy (non-hydrogen) atoms. The number of nitrogens with two attached hydrogens (primary N) is 1. The van der Waals surface area contributed by atoms with Crippen molar-refractivity contribution < 1.29 is 4.79 Å². The Labute approximate surface area is 147 Å². The van der Waals surface area contributed by atoms with Crippen molar-refractivity contribution in [1.29, 1.82) is 0 Å². The lowest BCUT2D eigenvalue weighted by molar-refractivity contribution is -0.128. The topological polar surface area (TPSA) is 77.0 Å². The van der Waals surface area contributed by atoms with Gasteiger partial charge in [-0.25, -0.2) is 4.68 Å². The van der Waals surface area contributed by atoms with Crippen LogP contribution in [-0.4, -0.2) is 38.0 Å². The van der Waals surface area contributed by atoms with Crippen LogP contribution in [0.4, 0.5) is 0 Å². The van der Waals surface area contributed by atoms with Gasteiger partial charge in [0, 0.05) is 18.5 Å². The second-order valence-corrected chi connectivity index (χ2v) is 7.55. The predicted octanol–water partition coefficient (Wildman–Crippen LogP) is 2.43. The summed E-state index contributed by atoms with van der Waals surface area (Å²) in [6.45, 7) is 9.33. The van der Waals surface area contributed by atoms with Gasteiger partial charge >= 0.3 is 0 Å². The molecule has 0 spiro atoms. The van der Waals surface area contributed by atoms with Crippen molar-refractivity contribution >= 4 is 17.7 Å². The fourth-order valence-corrected chi connectivity index (χ4v) is 3.04. The largest absolute Gasteiger partial charge is 0.338 e. The first-order chi connectivity index (χ1) is 11.3. The molecule has 0 aliphatic carbocycles. The van der Waals surface area contributed by atoms with Crippen molar-refractivity contribution in [2.45, 2.75) is 44.8 Å². The number of nitrogens with zero attached hydrogens (tertiary/aromatic N) is 4. The van der Waals surface area contributed by atoms with Gasteiger partial charge in [-0.3, -0.25) is 4.79 Å². The molecule has 1 aromatic carbocycles. The van der Waals surface area contributed by atoms with E-state index in [0.717, 1.165) is 5.56 Å². The highest BCUT2D eigenvalue weighted by Gasteiger charge is 2.23. The van der Waals surface area contributed by atoms with Crippen LogP contribution in [0.2, 0.25) is 0 Å². The van der Waals surface area contributed by atoms with Gasteiger partial charge in [-0.15, -0.1) is 10.2 Å². The molecular weight excluding hydrogens is 322 g/mol. The fourth-order valence-electron chi connectivity index (χ4n) is 2.28. The summed E-state index contributed by atoms with van der Waals surface area (Å²) in [4.78, 5) is 14.3. The zero-order chi connectivity index (χ0) is 17.7. The SMILES string of the molecule is CCN(Cc1ccccc1)C(=O)CSc1nnc(C(C)(C)C)n1N. The number of amides is 1. The summed E-state index contributed by atoms with van der Waals surface area (Å²) in [5.41, 5.74) is 0.933. The van der Waals surface area contributed by atoms with E-state index in [1.54, 1.807) is 0 Å². The Balaban J connectivity index is 1.98. The molecule has 0 aliphatic heterocycles. The number of hydrogen-bond donors (Lipinski definition) is 1. The number of carbonyl (C=O) groups is 1. The van der Waals surface area contributed by atoms with Crippen molar-refractivity contribution in [2.75, 3.05) is 18.1 Å². The Bertz CT molecular complexity index is 678. The minimum Gasteiger partial charge on any atom is -0.338 e. The van der Waals surface area contributed by atoms with Crippen LogP contribution in [0.25, 0.3) is 0 Å². The molecule has 130 valence electrons. The maximum absolute atomic E-state index is 12.5.